The van der Waals surface area contributed by atoms with Crippen LogP contribution < -0.4 is 10.5 Å². The summed E-state index contributed by atoms with van der Waals surface area (Å²) in [5.41, 5.74) is 6.70. The molecule has 18 heavy (non-hydrogen) atoms. The van der Waals surface area contributed by atoms with E-state index in [0.29, 0.717) is 11.4 Å². The van der Waals surface area contributed by atoms with Gasteiger partial charge >= 0.3 is 0 Å². The Balaban J connectivity index is 2.40. The molecule has 0 unspecified atom stereocenters. The van der Waals surface area contributed by atoms with Crippen LogP contribution in [-0.2, 0) is 17.1 Å². The molecule has 7 heteroatoms. The van der Waals surface area contributed by atoms with E-state index >= 15 is 0 Å². The molecule has 2 rings (SSSR count). The van der Waals surface area contributed by atoms with Gasteiger partial charge in [-0.2, -0.15) is 5.10 Å². The molecule has 0 saturated heterocycles. The molecule has 1 aromatic heterocycles. The van der Waals surface area contributed by atoms with Gasteiger partial charge in [-0.05, 0) is 19.1 Å². The molecular formula is C11H14N4O2S. The maximum Gasteiger partial charge on any atom is 0.263 e. The van der Waals surface area contributed by atoms with Crippen LogP contribution in [0.15, 0.2) is 35.2 Å². The van der Waals surface area contributed by atoms with E-state index in [1.165, 1.54) is 16.8 Å². The van der Waals surface area contributed by atoms with E-state index in [-0.39, 0.29) is 10.7 Å². The first-order chi connectivity index (χ1) is 8.42. The van der Waals surface area contributed by atoms with Crippen LogP contribution in [0.25, 0.3) is 0 Å². The van der Waals surface area contributed by atoms with Gasteiger partial charge in [0, 0.05) is 7.05 Å². The van der Waals surface area contributed by atoms with Crippen molar-refractivity contribution in [1.82, 2.24) is 9.78 Å². The lowest BCUT2D eigenvalue weighted by molar-refractivity contribution is 0.600. The van der Waals surface area contributed by atoms with Crippen LogP contribution in [0.1, 0.15) is 5.69 Å². The van der Waals surface area contributed by atoms with Crippen molar-refractivity contribution in [2.75, 3.05) is 10.5 Å². The van der Waals surface area contributed by atoms with Crippen LogP contribution >= 0.6 is 0 Å². The quantitative estimate of drug-likeness (QED) is 0.870. The average Bonchev–Trinajstić information content (AvgIpc) is 2.57. The van der Waals surface area contributed by atoms with Crippen molar-refractivity contribution >= 4 is 21.5 Å². The second-order valence-corrected chi connectivity index (χ2v) is 5.57. The second-order valence-electron chi connectivity index (χ2n) is 3.89. The van der Waals surface area contributed by atoms with Crippen molar-refractivity contribution < 1.29 is 8.42 Å². The smallest absolute Gasteiger partial charge is 0.263 e. The van der Waals surface area contributed by atoms with E-state index in [1.807, 2.05) is 0 Å². The SMILES string of the molecule is Cc1nn(C)c(NS(=O)(=O)c2ccccc2)c1N. The Morgan fingerprint density at radius 1 is 1.28 bits per heavy atom. The first kappa shape index (κ1) is 12.4. The van der Waals surface area contributed by atoms with E-state index in [9.17, 15) is 8.42 Å². The zero-order valence-electron chi connectivity index (χ0n) is 10.1. The number of rotatable bonds is 3. The number of nitrogens with one attached hydrogen (secondary N) is 1. The summed E-state index contributed by atoms with van der Waals surface area (Å²) >= 11 is 0. The van der Waals surface area contributed by atoms with Crippen molar-refractivity contribution in [3.05, 3.63) is 36.0 Å². The van der Waals surface area contributed by atoms with E-state index < -0.39 is 10.0 Å². The van der Waals surface area contributed by atoms with Gasteiger partial charge in [0.1, 0.15) is 0 Å². The molecule has 0 fully saturated rings. The fraction of sp³-hybridized carbons (Fsp3) is 0.182. The number of aryl methyl sites for hydroxylation is 2. The summed E-state index contributed by atoms with van der Waals surface area (Å²) in [6, 6.07) is 8.10. The molecule has 2 aromatic rings. The van der Waals surface area contributed by atoms with Crippen LogP contribution in [0.4, 0.5) is 11.5 Å². The number of sulfonamides is 1. The molecule has 0 amide bonds. The molecule has 1 aromatic carbocycles. The van der Waals surface area contributed by atoms with Crippen LogP contribution in [0.3, 0.4) is 0 Å². The largest absolute Gasteiger partial charge is 0.394 e. The summed E-state index contributed by atoms with van der Waals surface area (Å²) in [5.74, 6) is 0.274. The Morgan fingerprint density at radius 3 is 2.39 bits per heavy atom. The summed E-state index contributed by atoms with van der Waals surface area (Å²) in [6.45, 7) is 1.72. The summed E-state index contributed by atoms with van der Waals surface area (Å²) in [5, 5.41) is 4.05. The molecule has 0 saturated carbocycles. The number of benzene rings is 1. The van der Waals surface area contributed by atoms with Gasteiger partial charge in [0.2, 0.25) is 0 Å². The summed E-state index contributed by atoms with van der Waals surface area (Å²) in [6.07, 6.45) is 0. The zero-order valence-corrected chi connectivity index (χ0v) is 10.9. The lowest BCUT2D eigenvalue weighted by Gasteiger charge is -2.08. The van der Waals surface area contributed by atoms with E-state index in [0.717, 1.165) is 0 Å². The Bertz CT molecular complexity index is 662. The number of nitrogens with two attached hydrogens (primary N) is 1. The lowest BCUT2D eigenvalue weighted by Crippen LogP contribution is -2.16. The van der Waals surface area contributed by atoms with Gasteiger partial charge in [-0.25, -0.2) is 13.1 Å². The molecular weight excluding hydrogens is 252 g/mol. The number of anilines is 2. The maximum atomic E-state index is 12.1. The third-order valence-electron chi connectivity index (χ3n) is 2.55. The molecule has 0 aliphatic rings. The van der Waals surface area contributed by atoms with E-state index in [4.69, 9.17) is 5.73 Å². The van der Waals surface area contributed by atoms with Crippen LogP contribution in [0.5, 0.6) is 0 Å². The first-order valence-electron chi connectivity index (χ1n) is 5.29. The third kappa shape index (κ3) is 2.17. The van der Waals surface area contributed by atoms with Crippen LogP contribution in [0, 0.1) is 6.92 Å². The zero-order chi connectivity index (χ0) is 13.3. The molecule has 0 bridgehead atoms. The molecule has 0 spiro atoms. The molecule has 96 valence electrons. The summed E-state index contributed by atoms with van der Waals surface area (Å²) in [4.78, 5) is 0.184. The minimum absolute atomic E-state index is 0.184. The Morgan fingerprint density at radius 2 is 1.89 bits per heavy atom. The lowest BCUT2D eigenvalue weighted by atomic mass is 10.4. The normalized spacial score (nSPS) is 11.4. The number of hydrogen-bond acceptors (Lipinski definition) is 4. The summed E-state index contributed by atoms with van der Waals surface area (Å²) < 4.78 is 28.1. The molecule has 0 radical (unpaired) electrons. The topological polar surface area (TPSA) is 90.0 Å². The van der Waals surface area contributed by atoms with Gasteiger partial charge < -0.3 is 5.73 Å². The Kier molecular flexibility index (Phi) is 3.00. The van der Waals surface area contributed by atoms with Crippen molar-refractivity contribution in [3.8, 4) is 0 Å². The highest BCUT2D eigenvalue weighted by molar-refractivity contribution is 7.92. The molecule has 3 N–H and O–H groups in total. The van der Waals surface area contributed by atoms with Crippen LogP contribution in [-0.4, -0.2) is 18.2 Å². The minimum Gasteiger partial charge on any atom is -0.394 e. The van der Waals surface area contributed by atoms with Gasteiger partial charge in [-0.3, -0.25) is 4.72 Å². The fourth-order valence-corrected chi connectivity index (χ4v) is 2.71. The fourth-order valence-electron chi connectivity index (χ4n) is 1.58. The highest BCUT2D eigenvalue weighted by Crippen LogP contribution is 2.24. The van der Waals surface area contributed by atoms with Gasteiger partial charge in [0.25, 0.3) is 10.0 Å². The Labute approximate surface area is 105 Å². The van der Waals surface area contributed by atoms with E-state index in [1.54, 1.807) is 32.2 Å². The number of nitrogens with zero attached hydrogens (tertiary/aromatic N) is 2. The van der Waals surface area contributed by atoms with Crippen molar-refractivity contribution in [1.29, 1.82) is 0 Å². The predicted molar refractivity (Wildman–Crippen MR) is 69.6 cm³/mol. The second kappa shape index (κ2) is 4.34. The van der Waals surface area contributed by atoms with Crippen molar-refractivity contribution in [2.45, 2.75) is 11.8 Å². The van der Waals surface area contributed by atoms with Crippen molar-refractivity contribution in [2.24, 2.45) is 7.05 Å². The summed E-state index contributed by atoms with van der Waals surface area (Å²) in [7, 11) is -2.00. The monoisotopic (exact) mass is 266 g/mol. The molecule has 0 atom stereocenters. The minimum atomic E-state index is -3.64. The van der Waals surface area contributed by atoms with Gasteiger partial charge in [0.05, 0.1) is 16.3 Å². The van der Waals surface area contributed by atoms with Crippen LogP contribution in [0.2, 0.25) is 0 Å². The third-order valence-corrected chi connectivity index (χ3v) is 3.91. The highest BCUT2D eigenvalue weighted by Gasteiger charge is 2.18. The molecule has 1 heterocycles. The van der Waals surface area contributed by atoms with E-state index in [2.05, 4.69) is 9.82 Å². The first-order valence-corrected chi connectivity index (χ1v) is 6.77. The number of aromatic nitrogens is 2. The predicted octanol–water partition coefficient (Wildman–Crippen LogP) is 1.11. The average molecular weight is 266 g/mol. The molecule has 6 nitrogen and oxygen atoms in total. The van der Waals surface area contributed by atoms with Crippen molar-refractivity contribution in [3.63, 3.8) is 0 Å². The maximum absolute atomic E-state index is 12.1. The number of nitrogen functional groups attached to an aromatic ring is 1. The highest BCUT2D eigenvalue weighted by atomic mass is 32.2. The molecule has 0 aliphatic carbocycles. The van der Waals surface area contributed by atoms with Gasteiger partial charge in [0.15, 0.2) is 5.82 Å². The number of hydrogen-bond donors (Lipinski definition) is 2. The standard InChI is InChI=1S/C11H14N4O2S/c1-8-10(12)11(15(2)13-8)14-18(16,17)9-6-4-3-5-7-9/h3-7,14H,12H2,1-2H3. The van der Waals surface area contributed by atoms with Gasteiger partial charge in [-0.15, -0.1) is 0 Å². The molecule has 0 aliphatic heterocycles. The van der Waals surface area contributed by atoms with Gasteiger partial charge in [-0.1, -0.05) is 18.2 Å². The Hall–Kier alpha value is -2.02.